The zero-order valence-electron chi connectivity index (χ0n) is 12.0. The number of amidine groups is 1. The lowest BCUT2D eigenvalue weighted by Crippen LogP contribution is -2.19. The maximum atomic E-state index is 5.16. The number of rotatable bonds is 4. The molecule has 2 aromatic carbocycles. The van der Waals surface area contributed by atoms with E-state index in [1.165, 1.54) is 11.1 Å². The third-order valence-corrected chi connectivity index (χ3v) is 4.47. The van der Waals surface area contributed by atoms with Crippen LogP contribution in [0.15, 0.2) is 59.6 Å². The molecule has 0 aliphatic carbocycles. The highest BCUT2D eigenvalue weighted by atomic mass is 32.2. The van der Waals surface area contributed by atoms with Gasteiger partial charge in [0.05, 0.1) is 19.7 Å². The summed E-state index contributed by atoms with van der Waals surface area (Å²) in [7, 11) is 1.68. The van der Waals surface area contributed by atoms with Crippen LogP contribution in [0.1, 0.15) is 17.2 Å². The third kappa shape index (κ3) is 3.58. The van der Waals surface area contributed by atoms with Crippen LogP contribution >= 0.6 is 11.8 Å². The van der Waals surface area contributed by atoms with Crippen molar-refractivity contribution in [2.75, 3.05) is 12.9 Å². The Hall–Kier alpha value is -1.94. The molecule has 1 saturated heterocycles. The first-order chi connectivity index (χ1) is 10.3. The van der Waals surface area contributed by atoms with E-state index in [1.807, 2.05) is 18.2 Å². The van der Waals surface area contributed by atoms with Gasteiger partial charge in [-0.2, -0.15) is 0 Å². The van der Waals surface area contributed by atoms with E-state index in [0.29, 0.717) is 12.6 Å². The second-order valence-corrected chi connectivity index (χ2v) is 5.90. The van der Waals surface area contributed by atoms with Crippen molar-refractivity contribution in [3.63, 3.8) is 0 Å². The molecule has 21 heavy (non-hydrogen) atoms. The number of ether oxygens (including phenoxy) is 1. The molecule has 108 valence electrons. The van der Waals surface area contributed by atoms with Crippen molar-refractivity contribution in [3.8, 4) is 5.75 Å². The fourth-order valence-corrected chi connectivity index (χ4v) is 3.23. The quantitative estimate of drug-likeness (QED) is 0.936. The van der Waals surface area contributed by atoms with Crippen LogP contribution < -0.4 is 10.1 Å². The second-order valence-electron chi connectivity index (χ2n) is 4.89. The number of benzene rings is 2. The van der Waals surface area contributed by atoms with Gasteiger partial charge in [0.25, 0.3) is 0 Å². The highest BCUT2D eigenvalue weighted by Crippen LogP contribution is 2.26. The number of nitrogens with zero attached hydrogens (tertiary/aromatic N) is 1. The summed E-state index contributed by atoms with van der Waals surface area (Å²) in [6.07, 6.45) is 0. The van der Waals surface area contributed by atoms with Crippen molar-refractivity contribution >= 4 is 16.9 Å². The Morgan fingerprint density at radius 3 is 2.62 bits per heavy atom. The first-order valence-corrected chi connectivity index (χ1v) is 7.95. The molecule has 1 aliphatic heterocycles. The van der Waals surface area contributed by atoms with Crippen molar-refractivity contribution in [2.45, 2.75) is 12.6 Å². The molecule has 0 saturated carbocycles. The summed E-state index contributed by atoms with van der Waals surface area (Å²) >= 11 is 1.79. The minimum absolute atomic E-state index is 0.366. The maximum absolute atomic E-state index is 5.16. The predicted molar refractivity (Wildman–Crippen MR) is 88.9 cm³/mol. The summed E-state index contributed by atoms with van der Waals surface area (Å²) in [5.74, 6) is 1.91. The predicted octanol–water partition coefficient (Wildman–Crippen LogP) is 3.63. The molecule has 1 heterocycles. The van der Waals surface area contributed by atoms with Gasteiger partial charge in [0, 0.05) is 5.75 Å². The molecule has 1 N–H and O–H groups in total. The molecule has 0 amide bonds. The molecule has 1 atom stereocenters. The number of methoxy groups -OCH3 is 1. The average molecular weight is 298 g/mol. The molecular formula is C17H18N2OS. The van der Waals surface area contributed by atoms with Gasteiger partial charge in [0.1, 0.15) is 5.75 Å². The molecule has 0 bridgehead atoms. The van der Waals surface area contributed by atoms with Gasteiger partial charge in [-0.05, 0) is 23.3 Å². The van der Waals surface area contributed by atoms with E-state index in [-0.39, 0.29) is 0 Å². The van der Waals surface area contributed by atoms with Crippen molar-refractivity contribution in [3.05, 3.63) is 65.7 Å². The fraction of sp³-hybridized carbons (Fsp3) is 0.235. The Kier molecular flexibility index (Phi) is 4.46. The molecule has 0 radical (unpaired) electrons. The summed E-state index contributed by atoms with van der Waals surface area (Å²) in [5, 5.41) is 4.52. The standard InChI is InChI=1S/C17H18N2OS/c1-20-15-9-7-13(8-10-15)11-18-17-19-16(12-21-17)14-5-3-2-4-6-14/h2-10,16H,11-12H2,1H3,(H,18,19). The Labute approximate surface area is 129 Å². The van der Waals surface area contributed by atoms with Crippen LogP contribution in [0.3, 0.4) is 0 Å². The molecule has 0 aromatic heterocycles. The highest BCUT2D eigenvalue weighted by Gasteiger charge is 2.21. The van der Waals surface area contributed by atoms with E-state index >= 15 is 0 Å². The number of aliphatic imine (C=N–C) groups is 1. The summed E-state index contributed by atoms with van der Waals surface area (Å²) in [5.41, 5.74) is 2.51. The van der Waals surface area contributed by atoms with Crippen molar-refractivity contribution < 1.29 is 4.74 Å². The van der Waals surface area contributed by atoms with Gasteiger partial charge in [-0.25, -0.2) is 0 Å². The number of nitrogens with one attached hydrogen (secondary N) is 1. The van der Waals surface area contributed by atoms with E-state index in [2.05, 4.69) is 46.7 Å². The Balaban J connectivity index is 1.60. The van der Waals surface area contributed by atoms with E-state index in [1.54, 1.807) is 18.9 Å². The van der Waals surface area contributed by atoms with E-state index in [4.69, 9.17) is 4.74 Å². The van der Waals surface area contributed by atoms with E-state index < -0.39 is 0 Å². The topological polar surface area (TPSA) is 33.6 Å². The van der Waals surface area contributed by atoms with Crippen LogP contribution in [-0.4, -0.2) is 18.0 Å². The van der Waals surface area contributed by atoms with E-state index in [9.17, 15) is 0 Å². The number of hydrogen-bond acceptors (Lipinski definition) is 3. The molecule has 1 aliphatic rings. The Bertz CT molecular complexity index is 610. The minimum atomic E-state index is 0.366. The van der Waals surface area contributed by atoms with Gasteiger partial charge < -0.3 is 10.1 Å². The first kappa shape index (κ1) is 14.0. The zero-order valence-corrected chi connectivity index (χ0v) is 12.8. The molecule has 2 aromatic rings. The highest BCUT2D eigenvalue weighted by molar-refractivity contribution is 8.14. The fourth-order valence-electron chi connectivity index (χ4n) is 2.24. The van der Waals surface area contributed by atoms with Gasteiger partial charge in [-0.1, -0.05) is 54.2 Å². The SMILES string of the molecule is COc1ccc(CN=C2NC(c3ccccc3)CS2)cc1. The van der Waals surface area contributed by atoms with Crippen LogP contribution in [0.4, 0.5) is 0 Å². The minimum Gasteiger partial charge on any atom is -0.497 e. The summed E-state index contributed by atoms with van der Waals surface area (Å²) < 4.78 is 5.16. The summed E-state index contributed by atoms with van der Waals surface area (Å²) in [6, 6.07) is 18.9. The Morgan fingerprint density at radius 2 is 1.90 bits per heavy atom. The largest absolute Gasteiger partial charge is 0.497 e. The number of thioether (sulfide) groups is 1. The molecule has 4 heteroatoms. The van der Waals surface area contributed by atoms with Gasteiger partial charge >= 0.3 is 0 Å². The molecule has 1 fully saturated rings. The monoisotopic (exact) mass is 298 g/mol. The van der Waals surface area contributed by atoms with Crippen LogP contribution in [0.5, 0.6) is 5.75 Å². The second kappa shape index (κ2) is 6.68. The third-order valence-electron chi connectivity index (χ3n) is 3.45. The van der Waals surface area contributed by atoms with Gasteiger partial charge in [0.15, 0.2) is 5.17 Å². The van der Waals surface area contributed by atoms with Crippen molar-refractivity contribution in [1.82, 2.24) is 5.32 Å². The number of hydrogen-bond donors (Lipinski definition) is 1. The molecule has 3 rings (SSSR count). The van der Waals surface area contributed by atoms with Crippen LogP contribution in [0.25, 0.3) is 0 Å². The zero-order chi connectivity index (χ0) is 14.5. The molecular weight excluding hydrogens is 280 g/mol. The Morgan fingerprint density at radius 1 is 1.14 bits per heavy atom. The molecule has 0 spiro atoms. The van der Waals surface area contributed by atoms with Crippen molar-refractivity contribution in [1.29, 1.82) is 0 Å². The van der Waals surface area contributed by atoms with Crippen LogP contribution in [0.2, 0.25) is 0 Å². The van der Waals surface area contributed by atoms with Gasteiger partial charge in [-0.3, -0.25) is 4.99 Å². The smallest absolute Gasteiger partial charge is 0.157 e. The summed E-state index contributed by atoms with van der Waals surface area (Å²) in [4.78, 5) is 4.65. The lowest BCUT2D eigenvalue weighted by Gasteiger charge is -2.09. The average Bonchev–Trinajstić information content (AvgIpc) is 3.03. The van der Waals surface area contributed by atoms with Gasteiger partial charge in [-0.15, -0.1) is 0 Å². The van der Waals surface area contributed by atoms with Crippen LogP contribution in [0, 0.1) is 0 Å². The molecule has 1 unspecified atom stereocenters. The lowest BCUT2D eigenvalue weighted by atomic mass is 10.1. The lowest BCUT2D eigenvalue weighted by molar-refractivity contribution is 0.414. The first-order valence-electron chi connectivity index (χ1n) is 6.97. The van der Waals surface area contributed by atoms with Crippen LogP contribution in [-0.2, 0) is 6.54 Å². The normalized spacial score (nSPS) is 19.5. The van der Waals surface area contributed by atoms with Gasteiger partial charge in [0.2, 0.25) is 0 Å². The molecule has 3 nitrogen and oxygen atoms in total. The van der Waals surface area contributed by atoms with E-state index in [0.717, 1.165) is 16.7 Å². The maximum Gasteiger partial charge on any atom is 0.157 e. The summed E-state index contributed by atoms with van der Waals surface area (Å²) in [6.45, 7) is 0.695. The van der Waals surface area contributed by atoms with Crippen molar-refractivity contribution in [2.24, 2.45) is 4.99 Å².